The summed E-state index contributed by atoms with van der Waals surface area (Å²) < 4.78 is 33.4. The average molecular weight is 868 g/mol. The number of carbonyl (C=O) groups is 2. The molecule has 0 aliphatic heterocycles. The molecule has 2 atom stereocenters. The number of phosphoric ester groups is 1. The van der Waals surface area contributed by atoms with E-state index in [4.69, 9.17) is 18.5 Å². The van der Waals surface area contributed by atoms with E-state index in [0.717, 1.165) is 77.0 Å². The molecule has 0 rings (SSSR count). The van der Waals surface area contributed by atoms with Gasteiger partial charge in [0.15, 0.2) is 6.10 Å². The van der Waals surface area contributed by atoms with Crippen LogP contribution >= 0.6 is 7.82 Å². The molecule has 1 N–H and O–H groups in total. The van der Waals surface area contributed by atoms with Crippen molar-refractivity contribution in [3.8, 4) is 0 Å². The summed E-state index contributed by atoms with van der Waals surface area (Å²) in [5.74, 6) is -0.950. The number of nitrogens with zero attached hydrogens (tertiary/aromatic N) is 1. The maximum atomic E-state index is 12.6. The Kier molecular flexibility index (Phi) is 41.8. The molecule has 0 spiro atoms. The molecule has 0 bridgehead atoms. The Labute approximate surface area is 371 Å². The second-order valence-corrected chi connectivity index (χ2v) is 16.3. The van der Waals surface area contributed by atoms with Gasteiger partial charge >= 0.3 is 19.8 Å². The summed E-state index contributed by atoms with van der Waals surface area (Å²) in [4.78, 5) is 37.0. The van der Waals surface area contributed by atoms with Crippen molar-refractivity contribution < 1.29 is 37.6 Å². The Morgan fingerprint density at radius 1 is 0.525 bits per heavy atom. The van der Waals surface area contributed by atoms with Crippen molar-refractivity contribution in [1.29, 1.82) is 0 Å². The molecule has 10 heteroatoms. The number of phosphoric acid groups is 1. The zero-order valence-corrected chi connectivity index (χ0v) is 39.2. The summed E-state index contributed by atoms with van der Waals surface area (Å²) >= 11 is 0. The standard InChI is InChI=1S/C51H82NO8P/c1-5-7-9-11-13-15-17-19-21-23-25-27-29-31-33-35-37-39-41-43-50(53)57-47-49(48-59-61(55,56)58-46-45-52(3)4)60-51(54)44-42-40-38-36-34-32-30-28-26-24-22-20-18-16-14-12-10-8-6-2/h7,9,13-16,19-22,25-28,31-34,38,40,49H,5-6,8,10-12,17-18,23-24,29-30,35-37,39,41-48H2,1-4H3,(H,55,56)/b9-7-,15-13-,16-14-,21-19-,22-20-,27-25-,28-26-,33-31-,34-32-,40-38-. The van der Waals surface area contributed by atoms with Gasteiger partial charge in [-0.15, -0.1) is 0 Å². The molecule has 0 aliphatic rings. The van der Waals surface area contributed by atoms with Gasteiger partial charge in [0, 0.05) is 19.4 Å². The monoisotopic (exact) mass is 868 g/mol. The van der Waals surface area contributed by atoms with E-state index >= 15 is 0 Å². The van der Waals surface area contributed by atoms with Gasteiger partial charge in [-0.25, -0.2) is 4.57 Å². The highest BCUT2D eigenvalue weighted by molar-refractivity contribution is 7.47. The van der Waals surface area contributed by atoms with Crippen LogP contribution in [0.25, 0.3) is 0 Å². The predicted octanol–water partition coefficient (Wildman–Crippen LogP) is 13.5. The molecular weight excluding hydrogens is 786 g/mol. The van der Waals surface area contributed by atoms with E-state index in [2.05, 4.69) is 123 Å². The van der Waals surface area contributed by atoms with Crippen molar-refractivity contribution in [1.82, 2.24) is 4.90 Å². The maximum absolute atomic E-state index is 12.6. The van der Waals surface area contributed by atoms with Gasteiger partial charge in [-0.05, 0) is 110 Å². The van der Waals surface area contributed by atoms with Crippen molar-refractivity contribution in [3.63, 3.8) is 0 Å². The first kappa shape index (κ1) is 57.4. The molecule has 0 radical (unpaired) electrons. The van der Waals surface area contributed by atoms with Gasteiger partial charge in [-0.1, -0.05) is 155 Å². The largest absolute Gasteiger partial charge is 0.472 e. The summed E-state index contributed by atoms with van der Waals surface area (Å²) in [7, 11) is -0.783. The van der Waals surface area contributed by atoms with Crippen LogP contribution in [-0.2, 0) is 32.7 Å². The number of ether oxygens (including phenoxy) is 2. The number of unbranched alkanes of at least 4 members (excludes halogenated alkanes) is 6. The summed E-state index contributed by atoms with van der Waals surface area (Å²) in [5, 5.41) is 0. The Bertz CT molecular complexity index is 1420. The average Bonchev–Trinajstić information content (AvgIpc) is 3.23. The molecule has 2 unspecified atom stereocenters. The van der Waals surface area contributed by atoms with E-state index in [-0.39, 0.29) is 26.1 Å². The van der Waals surface area contributed by atoms with Gasteiger partial charge in [0.1, 0.15) is 6.61 Å². The number of likely N-dealkylation sites (N-methyl/N-ethyl adjacent to an activating group) is 1. The van der Waals surface area contributed by atoms with Crippen molar-refractivity contribution in [2.45, 2.75) is 148 Å². The smallest absolute Gasteiger partial charge is 0.462 e. The van der Waals surface area contributed by atoms with Crippen LogP contribution in [0.5, 0.6) is 0 Å². The Morgan fingerprint density at radius 3 is 1.43 bits per heavy atom. The third-order valence-electron chi connectivity index (χ3n) is 8.77. The maximum Gasteiger partial charge on any atom is 0.472 e. The second kappa shape index (κ2) is 44.5. The van der Waals surface area contributed by atoms with Crippen molar-refractivity contribution in [2.24, 2.45) is 0 Å². The molecule has 344 valence electrons. The summed E-state index contributed by atoms with van der Waals surface area (Å²) in [6.07, 6.45) is 59.8. The van der Waals surface area contributed by atoms with E-state index in [1.807, 2.05) is 26.2 Å². The summed E-state index contributed by atoms with van der Waals surface area (Å²) in [5.41, 5.74) is 0. The number of rotatable bonds is 40. The molecule has 0 aromatic carbocycles. The molecule has 0 aromatic heterocycles. The minimum absolute atomic E-state index is 0.0192. The Morgan fingerprint density at radius 2 is 0.967 bits per heavy atom. The van der Waals surface area contributed by atoms with Crippen LogP contribution in [0.2, 0.25) is 0 Å². The molecule has 0 heterocycles. The van der Waals surface area contributed by atoms with Crippen LogP contribution in [-0.4, -0.2) is 68.3 Å². The zero-order chi connectivity index (χ0) is 44.8. The fraction of sp³-hybridized carbons (Fsp3) is 0.569. The molecule has 61 heavy (non-hydrogen) atoms. The fourth-order valence-corrected chi connectivity index (χ4v) is 6.02. The van der Waals surface area contributed by atoms with Gasteiger partial charge in [-0.3, -0.25) is 18.6 Å². The lowest BCUT2D eigenvalue weighted by Gasteiger charge is -2.20. The second-order valence-electron chi connectivity index (χ2n) is 14.8. The first-order chi connectivity index (χ1) is 29.7. The van der Waals surface area contributed by atoms with Crippen molar-refractivity contribution in [3.05, 3.63) is 122 Å². The third kappa shape index (κ3) is 45.8. The summed E-state index contributed by atoms with van der Waals surface area (Å²) in [6.45, 7) is 4.02. The molecule has 0 fully saturated rings. The molecule has 0 saturated carbocycles. The van der Waals surface area contributed by atoms with Gasteiger partial charge in [0.2, 0.25) is 0 Å². The van der Waals surface area contributed by atoms with Crippen LogP contribution in [0.15, 0.2) is 122 Å². The zero-order valence-electron chi connectivity index (χ0n) is 38.3. The van der Waals surface area contributed by atoms with E-state index in [1.165, 1.54) is 25.7 Å². The first-order valence-electron chi connectivity index (χ1n) is 22.8. The van der Waals surface area contributed by atoms with Crippen molar-refractivity contribution >= 4 is 19.8 Å². The van der Waals surface area contributed by atoms with E-state index in [1.54, 1.807) is 4.90 Å². The Balaban J connectivity index is 4.48. The molecular formula is C51H82NO8P. The number of hydrogen-bond donors (Lipinski definition) is 1. The lowest BCUT2D eigenvalue weighted by Crippen LogP contribution is -2.29. The van der Waals surface area contributed by atoms with Crippen LogP contribution in [0.1, 0.15) is 142 Å². The molecule has 0 aliphatic carbocycles. The van der Waals surface area contributed by atoms with Crippen LogP contribution in [0.3, 0.4) is 0 Å². The molecule has 0 amide bonds. The van der Waals surface area contributed by atoms with Gasteiger partial charge in [0.25, 0.3) is 0 Å². The number of esters is 2. The SMILES string of the molecule is CC/C=C\C/C=C\C/C=C\C/C=C\C/C=C\CCCCCC(=O)OCC(COP(=O)(O)OCCN(C)C)OC(=O)CC/C=C\C/C=C\C/C=C\C/C=C\C/C=C\CCCCC. The minimum atomic E-state index is -4.40. The predicted molar refractivity (Wildman–Crippen MR) is 256 cm³/mol. The first-order valence-corrected chi connectivity index (χ1v) is 24.3. The Hall–Kier alpha value is -3.59. The van der Waals surface area contributed by atoms with Crippen LogP contribution < -0.4 is 0 Å². The van der Waals surface area contributed by atoms with Crippen LogP contribution in [0, 0.1) is 0 Å². The lowest BCUT2D eigenvalue weighted by molar-refractivity contribution is -0.161. The third-order valence-corrected chi connectivity index (χ3v) is 9.75. The van der Waals surface area contributed by atoms with E-state index in [0.29, 0.717) is 19.4 Å². The van der Waals surface area contributed by atoms with Gasteiger partial charge in [0.05, 0.1) is 13.2 Å². The molecule has 0 aromatic rings. The minimum Gasteiger partial charge on any atom is -0.462 e. The molecule has 0 saturated heterocycles. The van der Waals surface area contributed by atoms with Gasteiger partial charge in [-0.2, -0.15) is 0 Å². The number of hydrogen-bond acceptors (Lipinski definition) is 8. The highest BCUT2D eigenvalue weighted by Crippen LogP contribution is 2.43. The highest BCUT2D eigenvalue weighted by Gasteiger charge is 2.26. The highest BCUT2D eigenvalue weighted by atomic mass is 31.2. The quantitative estimate of drug-likeness (QED) is 0.0278. The molecule has 9 nitrogen and oxygen atoms in total. The normalized spacial score (nSPS) is 14.5. The van der Waals surface area contributed by atoms with Gasteiger partial charge < -0.3 is 19.3 Å². The number of allylic oxidation sites excluding steroid dienone is 20. The van der Waals surface area contributed by atoms with Crippen LogP contribution in [0.4, 0.5) is 0 Å². The lowest BCUT2D eigenvalue weighted by atomic mass is 10.1. The van der Waals surface area contributed by atoms with Crippen molar-refractivity contribution in [2.75, 3.05) is 40.5 Å². The number of carbonyl (C=O) groups excluding carboxylic acids is 2. The van der Waals surface area contributed by atoms with E-state index in [9.17, 15) is 19.0 Å². The fourth-order valence-electron chi connectivity index (χ4n) is 5.28. The summed E-state index contributed by atoms with van der Waals surface area (Å²) in [6, 6.07) is 0. The topological polar surface area (TPSA) is 112 Å². The van der Waals surface area contributed by atoms with E-state index < -0.39 is 32.5 Å².